The largest absolute Gasteiger partial charge is 0.340 e. The summed E-state index contributed by atoms with van der Waals surface area (Å²) in [4.78, 5) is 20.7. The van der Waals surface area contributed by atoms with Crippen molar-refractivity contribution in [3.63, 3.8) is 0 Å². The van der Waals surface area contributed by atoms with Gasteiger partial charge in [0.1, 0.15) is 11.6 Å². The Morgan fingerprint density at radius 1 is 0.968 bits per heavy atom. The number of rotatable bonds is 5. The van der Waals surface area contributed by atoms with Crippen molar-refractivity contribution >= 4 is 11.5 Å². The highest BCUT2D eigenvalue weighted by Gasteiger charge is 2.23. The average Bonchev–Trinajstić information content (AvgIpc) is 2.82. The predicted octanol–water partition coefficient (Wildman–Crippen LogP) is 4.37. The zero-order chi connectivity index (χ0) is 21.0. The molecule has 31 heavy (non-hydrogen) atoms. The fourth-order valence-corrected chi connectivity index (χ4v) is 3.72. The summed E-state index contributed by atoms with van der Waals surface area (Å²) in [6, 6.07) is 16.1. The van der Waals surface area contributed by atoms with Gasteiger partial charge in [0.15, 0.2) is 5.82 Å². The van der Waals surface area contributed by atoms with E-state index in [0.29, 0.717) is 12.4 Å². The van der Waals surface area contributed by atoms with Crippen molar-refractivity contribution in [2.45, 2.75) is 19.5 Å². The Kier molecular flexibility index (Phi) is 5.33. The lowest BCUT2D eigenvalue weighted by molar-refractivity contribution is 0.241. The number of fused-ring (bicyclic) bond motifs is 1. The molecule has 7 heteroatoms. The van der Waals surface area contributed by atoms with Crippen molar-refractivity contribution in [1.82, 2.24) is 24.8 Å². The van der Waals surface area contributed by atoms with Crippen LogP contribution in [0.25, 0.3) is 11.4 Å². The highest BCUT2D eigenvalue weighted by molar-refractivity contribution is 5.64. The minimum absolute atomic E-state index is 0.271. The third-order valence-corrected chi connectivity index (χ3v) is 5.28. The third kappa shape index (κ3) is 4.41. The lowest BCUT2D eigenvalue weighted by Crippen LogP contribution is -2.32. The van der Waals surface area contributed by atoms with Crippen LogP contribution >= 0.6 is 0 Å². The number of hydrogen-bond acceptors (Lipinski definition) is 6. The van der Waals surface area contributed by atoms with Crippen LogP contribution in [-0.2, 0) is 19.5 Å². The maximum absolute atomic E-state index is 13.4. The van der Waals surface area contributed by atoms with E-state index in [0.717, 1.165) is 53.5 Å². The van der Waals surface area contributed by atoms with Crippen molar-refractivity contribution in [1.29, 1.82) is 0 Å². The highest BCUT2D eigenvalue weighted by Crippen LogP contribution is 2.29. The van der Waals surface area contributed by atoms with Gasteiger partial charge in [0.25, 0.3) is 0 Å². The molecule has 0 bridgehead atoms. The Hall–Kier alpha value is -3.71. The molecule has 0 atom stereocenters. The Balaban J connectivity index is 1.50. The first kappa shape index (κ1) is 19.3. The molecule has 3 aromatic heterocycles. The molecule has 0 amide bonds. The number of pyridine rings is 2. The van der Waals surface area contributed by atoms with Gasteiger partial charge in [0.2, 0.25) is 0 Å². The SMILES string of the molecule is Fc1ccc(Nc2nc(-c3cccnc3)nc3c2CN(Cc2ccccn2)CC3)cc1. The van der Waals surface area contributed by atoms with E-state index >= 15 is 0 Å². The molecule has 5 rings (SSSR count). The number of halogens is 1. The molecule has 0 spiro atoms. The minimum Gasteiger partial charge on any atom is -0.340 e. The summed E-state index contributed by atoms with van der Waals surface area (Å²) in [7, 11) is 0. The maximum atomic E-state index is 13.4. The monoisotopic (exact) mass is 412 g/mol. The summed E-state index contributed by atoms with van der Waals surface area (Å²) in [6.45, 7) is 2.37. The molecular weight excluding hydrogens is 391 g/mol. The summed E-state index contributed by atoms with van der Waals surface area (Å²) in [6.07, 6.45) is 6.13. The number of aromatic nitrogens is 4. The number of anilines is 2. The van der Waals surface area contributed by atoms with Gasteiger partial charge in [-0.3, -0.25) is 14.9 Å². The van der Waals surface area contributed by atoms with Crippen LogP contribution < -0.4 is 5.32 Å². The molecule has 4 aromatic rings. The summed E-state index contributed by atoms with van der Waals surface area (Å²) < 4.78 is 13.4. The van der Waals surface area contributed by atoms with Gasteiger partial charge in [-0.05, 0) is 48.5 Å². The van der Waals surface area contributed by atoms with Crippen molar-refractivity contribution in [2.75, 3.05) is 11.9 Å². The second-order valence-corrected chi connectivity index (χ2v) is 7.48. The summed E-state index contributed by atoms with van der Waals surface area (Å²) in [5.41, 5.74) is 4.76. The van der Waals surface area contributed by atoms with Gasteiger partial charge >= 0.3 is 0 Å². The summed E-state index contributed by atoms with van der Waals surface area (Å²) >= 11 is 0. The van der Waals surface area contributed by atoms with Gasteiger partial charge < -0.3 is 5.32 Å². The Morgan fingerprint density at radius 2 is 1.87 bits per heavy atom. The van der Waals surface area contributed by atoms with Crippen LogP contribution in [-0.4, -0.2) is 31.4 Å². The minimum atomic E-state index is -0.271. The van der Waals surface area contributed by atoms with Gasteiger partial charge in [0.05, 0.1) is 11.4 Å². The highest BCUT2D eigenvalue weighted by atomic mass is 19.1. The maximum Gasteiger partial charge on any atom is 0.163 e. The van der Waals surface area contributed by atoms with Crippen LogP contribution in [0.15, 0.2) is 73.2 Å². The summed E-state index contributed by atoms with van der Waals surface area (Å²) in [5, 5.41) is 3.37. The van der Waals surface area contributed by atoms with Gasteiger partial charge in [-0.1, -0.05) is 6.07 Å². The van der Waals surface area contributed by atoms with Crippen LogP contribution in [0.3, 0.4) is 0 Å². The smallest absolute Gasteiger partial charge is 0.163 e. The van der Waals surface area contributed by atoms with E-state index in [-0.39, 0.29) is 5.82 Å². The van der Waals surface area contributed by atoms with E-state index in [4.69, 9.17) is 9.97 Å². The Bertz CT molecular complexity index is 1170. The predicted molar refractivity (Wildman–Crippen MR) is 117 cm³/mol. The Morgan fingerprint density at radius 3 is 2.65 bits per heavy atom. The fraction of sp³-hybridized carbons (Fsp3) is 0.167. The van der Waals surface area contributed by atoms with E-state index in [9.17, 15) is 4.39 Å². The van der Waals surface area contributed by atoms with Gasteiger partial charge in [-0.25, -0.2) is 14.4 Å². The number of benzene rings is 1. The molecule has 6 nitrogen and oxygen atoms in total. The molecule has 4 heterocycles. The first-order chi connectivity index (χ1) is 15.2. The molecule has 0 radical (unpaired) electrons. The zero-order valence-electron chi connectivity index (χ0n) is 16.9. The van der Waals surface area contributed by atoms with Crippen LogP contribution in [0.4, 0.5) is 15.9 Å². The Labute approximate surface area is 179 Å². The van der Waals surface area contributed by atoms with Gasteiger partial charge in [-0.2, -0.15) is 0 Å². The molecule has 154 valence electrons. The standard InChI is InChI=1S/C24H21FN6/c25-18-6-8-19(9-7-18)28-24-21-16-31(15-20-5-1-2-12-27-20)13-10-22(21)29-23(30-24)17-4-3-11-26-14-17/h1-9,11-12,14H,10,13,15-16H2,(H,28,29,30). The fourth-order valence-electron chi connectivity index (χ4n) is 3.72. The van der Waals surface area contributed by atoms with Crippen molar-refractivity contribution < 1.29 is 4.39 Å². The quantitative estimate of drug-likeness (QED) is 0.525. The van der Waals surface area contributed by atoms with Crippen LogP contribution in [0.5, 0.6) is 0 Å². The summed E-state index contributed by atoms with van der Waals surface area (Å²) in [5.74, 6) is 1.10. The molecule has 1 aliphatic rings. The van der Waals surface area contributed by atoms with E-state index in [2.05, 4.69) is 20.2 Å². The molecule has 0 unspecified atom stereocenters. The molecule has 0 aliphatic carbocycles. The molecule has 1 aliphatic heterocycles. The van der Waals surface area contributed by atoms with E-state index in [1.807, 2.05) is 36.5 Å². The average molecular weight is 412 g/mol. The third-order valence-electron chi connectivity index (χ3n) is 5.28. The van der Waals surface area contributed by atoms with E-state index in [1.54, 1.807) is 24.5 Å². The lowest BCUT2D eigenvalue weighted by atomic mass is 10.0. The number of nitrogens with zero attached hydrogens (tertiary/aromatic N) is 5. The van der Waals surface area contributed by atoms with Gasteiger partial charge in [0, 0.05) is 61.5 Å². The van der Waals surface area contributed by atoms with Crippen molar-refractivity contribution in [2.24, 2.45) is 0 Å². The van der Waals surface area contributed by atoms with E-state index in [1.165, 1.54) is 12.1 Å². The first-order valence-corrected chi connectivity index (χ1v) is 10.2. The second kappa shape index (κ2) is 8.57. The molecule has 0 fully saturated rings. The van der Waals surface area contributed by atoms with Crippen LogP contribution in [0.1, 0.15) is 17.0 Å². The van der Waals surface area contributed by atoms with Crippen molar-refractivity contribution in [3.05, 3.63) is 96.0 Å². The lowest BCUT2D eigenvalue weighted by Gasteiger charge is -2.29. The second-order valence-electron chi connectivity index (χ2n) is 7.48. The first-order valence-electron chi connectivity index (χ1n) is 10.2. The number of nitrogens with one attached hydrogen (secondary N) is 1. The molecular formula is C24H21FN6. The molecule has 0 saturated heterocycles. The van der Waals surface area contributed by atoms with Crippen LogP contribution in [0, 0.1) is 5.82 Å². The van der Waals surface area contributed by atoms with E-state index < -0.39 is 0 Å². The van der Waals surface area contributed by atoms with Gasteiger partial charge in [-0.15, -0.1) is 0 Å². The van der Waals surface area contributed by atoms with Crippen molar-refractivity contribution in [3.8, 4) is 11.4 Å². The zero-order valence-corrected chi connectivity index (χ0v) is 16.9. The number of hydrogen-bond donors (Lipinski definition) is 1. The molecule has 1 N–H and O–H groups in total. The van der Waals surface area contributed by atoms with Crippen LogP contribution in [0.2, 0.25) is 0 Å². The molecule has 1 aromatic carbocycles. The normalized spacial score (nSPS) is 13.6. The topological polar surface area (TPSA) is 66.8 Å². The molecule has 0 saturated carbocycles.